The van der Waals surface area contributed by atoms with Crippen molar-refractivity contribution in [3.05, 3.63) is 65.6 Å². The van der Waals surface area contributed by atoms with Crippen LogP contribution in [0.15, 0.2) is 64.0 Å². The molecule has 7 nitrogen and oxygen atoms in total. The second kappa shape index (κ2) is 9.85. The lowest BCUT2D eigenvalue weighted by Crippen LogP contribution is -2.35. The lowest BCUT2D eigenvalue weighted by atomic mass is 10.2. The summed E-state index contributed by atoms with van der Waals surface area (Å²) in [6.07, 6.45) is 5.00. The zero-order chi connectivity index (χ0) is 22.6. The normalized spacial score (nSPS) is 14.9. The molecule has 0 radical (unpaired) electrons. The average Bonchev–Trinajstić information content (AvgIpc) is 3.28. The molecule has 0 unspecified atom stereocenters. The molecule has 1 aliphatic rings. The molecule has 0 saturated carbocycles. The number of aryl methyl sites for hydroxylation is 1. The molecule has 2 aromatic carbocycles. The third-order valence-electron chi connectivity index (χ3n) is 5.34. The number of amides is 1. The molecule has 0 spiro atoms. The van der Waals surface area contributed by atoms with Gasteiger partial charge in [-0.2, -0.15) is 4.31 Å². The summed E-state index contributed by atoms with van der Waals surface area (Å²) in [5.74, 6) is 0.874. The summed E-state index contributed by atoms with van der Waals surface area (Å²) in [7, 11) is -3.48. The molecule has 0 atom stereocenters. The zero-order valence-corrected chi connectivity index (χ0v) is 19.0. The van der Waals surface area contributed by atoms with Gasteiger partial charge in [-0.3, -0.25) is 4.79 Å². The van der Waals surface area contributed by atoms with E-state index in [1.54, 1.807) is 30.5 Å². The van der Waals surface area contributed by atoms with Gasteiger partial charge in [0.1, 0.15) is 0 Å². The Morgan fingerprint density at radius 1 is 1.03 bits per heavy atom. The Hall–Kier alpha value is -2.68. The molecule has 0 aliphatic carbocycles. The molecule has 4 rings (SSSR count). The summed E-state index contributed by atoms with van der Waals surface area (Å²) in [6, 6.07) is 13.5. The Morgan fingerprint density at radius 3 is 2.41 bits per heavy atom. The molecular weight excluding hydrogens is 450 g/mol. The van der Waals surface area contributed by atoms with Gasteiger partial charge < -0.3 is 9.73 Å². The van der Waals surface area contributed by atoms with E-state index in [0.717, 1.165) is 24.8 Å². The van der Waals surface area contributed by atoms with Crippen LogP contribution in [0.2, 0.25) is 5.02 Å². The first-order valence-electron chi connectivity index (χ1n) is 10.5. The molecule has 1 aromatic heterocycles. The maximum atomic E-state index is 12.7. The van der Waals surface area contributed by atoms with Crippen LogP contribution < -0.4 is 5.32 Å². The summed E-state index contributed by atoms with van der Waals surface area (Å²) >= 11 is 5.90. The predicted octanol–water partition coefficient (Wildman–Crippen LogP) is 4.74. The lowest BCUT2D eigenvalue weighted by molar-refractivity contribution is -0.116. The molecule has 0 bridgehead atoms. The van der Waals surface area contributed by atoms with Crippen LogP contribution >= 0.6 is 11.6 Å². The van der Waals surface area contributed by atoms with E-state index in [9.17, 15) is 13.2 Å². The molecule has 168 valence electrons. The largest absolute Gasteiger partial charge is 0.441 e. The van der Waals surface area contributed by atoms with Crippen molar-refractivity contribution in [1.82, 2.24) is 9.29 Å². The van der Waals surface area contributed by atoms with Crippen LogP contribution in [-0.2, 0) is 21.2 Å². The third kappa shape index (κ3) is 5.38. The van der Waals surface area contributed by atoms with Gasteiger partial charge in [0.15, 0.2) is 11.7 Å². The van der Waals surface area contributed by atoms with Crippen molar-refractivity contribution >= 4 is 33.2 Å². The van der Waals surface area contributed by atoms with Crippen LogP contribution in [0.3, 0.4) is 0 Å². The van der Waals surface area contributed by atoms with Crippen LogP contribution in [0.25, 0.3) is 11.3 Å². The summed E-state index contributed by atoms with van der Waals surface area (Å²) in [5.41, 5.74) is 1.40. The number of piperidine rings is 1. The number of oxazole rings is 1. The predicted molar refractivity (Wildman–Crippen MR) is 123 cm³/mol. The maximum Gasteiger partial charge on any atom is 0.243 e. The number of sulfonamides is 1. The number of hydrogen-bond acceptors (Lipinski definition) is 5. The summed E-state index contributed by atoms with van der Waals surface area (Å²) in [5, 5.41) is 3.42. The number of carbonyl (C=O) groups is 1. The average molecular weight is 474 g/mol. The van der Waals surface area contributed by atoms with E-state index in [-0.39, 0.29) is 17.2 Å². The number of nitrogens with zero attached hydrogens (tertiary/aromatic N) is 2. The molecular formula is C23H24ClN3O4S. The molecule has 32 heavy (non-hydrogen) atoms. The van der Waals surface area contributed by atoms with Crippen molar-refractivity contribution < 1.29 is 17.6 Å². The highest BCUT2D eigenvalue weighted by atomic mass is 35.5. The van der Waals surface area contributed by atoms with Gasteiger partial charge in [0, 0.05) is 42.2 Å². The van der Waals surface area contributed by atoms with Crippen molar-refractivity contribution in [2.45, 2.75) is 37.0 Å². The fraction of sp³-hybridized carbons (Fsp3) is 0.304. The van der Waals surface area contributed by atoms with E-state index in [4.69, 9.17) is 16.0 Å². The quantitative estimate of drug-likeness (QED) is 0.535. The molecule has 9 heteroatoms. The summed E-state index contributed by atoms with van der Waals surface area (Å²) < 4.78 is 32.7. The van der Waals surface area contributed by atoms with Crippen LogP contribution in [0.1, 0.15) is 31.6 Å². The Kier molecular flexibility index (Phi) is 6.93. The Morgan fingerprint density at radius 2 is 1.72 bits per heavy atom. The third-order valence-corrected chi connectivity index (χ3v) is 7.50. The molecule has 1 aliphatic heterocycles. The molecule has 3 aromatic rings. The molecule has 1 amide bonds. The molecule has 1 fully saturated rings. The van der Waals surface area contributed by atoms with Gasteiger partial charge in [0.05, 0.1) is 11.1 Å². The first-order chi connectivity index (χ1) is 15.4. The highest BCUT2D eigenvalue weighted by Crippen LogP contribution is 2.24. The van der Waals surface area contributed by atoms with Gasteiger partial charge in [-0.1, -0.05) is 18.0 Å². The second-order valence-electron chi connectivity index (χ2n) is 7.66. The van der Waals surface area contributed by atoms with Gasteiger partial charge in [0.25, 0.3) is 0 Å². The van der Waals surface area contributed by atoms with Crippen molar-refractivity contribution in [2.24, 2.45) is 0 Å². The first kappa shape index (κ1) is 22.5. The van der Waals surface area contributed by atoms with Gasteiger partial charge >= 0.3 is 0 Å². The Labute approximate surface area is 192 Å². The number of anilines is 1. The number of carbonyl (C=O) groups excluding carboxylic acids is 1. The number of nitrogens with one attached hydrogen (secondary N) is 1. The van der Waals surface area contributed by atoms with Crippen LogP contribution in [0.4, 0.5) is 5.69 Å². The second-order valence-corrected chi connectivity index (χ2v) is 10.0. The van der Waals surface area contributed by atoms with Gasteiger partial charge in [-0.25, -0.2) is 13.4 Å². The number of aromatic nitrogens is 1. The van der Waals surface area contributed by atoms with Gasteiger partial charge in [-0.05, 0) is 61.4 Å². The molecule has 1 N–H and O–H groups in total. The SMILES string of the molecule is O=C(CCc1ncc(-c2ccc(Cl)cc2)o1)Nc1ccc(S(=O)(=O)N2CCCCC2)cc1. The number of hydrogen-bond donors (Lipinski definition) is 1. The highest BCUT2D eigenvalue weighted by molar-refractivity contribution is 7.89. The van der Waals surface area contributed by atoms with Crippen molar-refractivity contribution in [3.63, 3.8) is 0 Å². The lowest BCUT2D eigenvalue weighted by Gasteiger charge is -2.25. The fourth-order valence-electron chi connectivity index (χ4n) is 3.58. The van der Waals surface area contributed by atoms with Crippen molar-refractivity contribution in [3.8, 4) is 11.3 Å². The van der Waals surface area contributed by atoms with Crippen LogP contribution in [0, 0.1) is 0 Å². The zero-order valence-electron chi connectivity index (χ0n) is 17.5. The van der Waals surface area contributed by atoms with Crippen LogP contribution in [-0.4, -0.2) is 36.7 Å². The van der Waals surface area contributed by atoms with Gasteiger partial charge in [-0.15, -0.1) is 0 Å². The minimum Gasteiger partial charge on any atom is -0.441 e. The van der Waals surface area contributed by atoms with Crippen LogP contribution in [0.5, 0.6) is 0 Å². The first-order valence-corrected chi connectivity index (χ1v) is 12.3. The number of benzene rings is 2. The number of rotatable bonds is 7. The van der Waals surface area contributed by atoms with Gasteiger partial charge in [0.2, 0.25) is 15.9 Å². The van der Waals surface area contributed by atoms with E-state index in [2.05, 4.69) is 10.3 Å². The Balaban J connectivity index is 1.31. The standard InChI is InChI=1S/C23H24ClN3O4S/c24-18-6-4-17(5-7-18)21-16-25-23(31-21)13-12-22(28)26-19-8-10-20(11-9-19)32(29,30)27-14-2-1-3-15-27/h4-11,16H,1-3,12-15H2,(H,26,28). The molecule has 2 heterocycles. The van der Waals surface area contributed by atoms with E-state index >= 15 is 0 Å². The minimum absolute atomic E-state index is 0.189. The summed E-state index contributed by atoms with van der Waals surface area (Å²) in [4.78, 5) is 16.8. The van der Waals surface area contributed by atoms with Crippen molar-refractivity contribution in [1.29, 1.82) is 0 Å². The fourth-order valence-corrected chi connectivity index (χ4v) is 5.23. The number of halogens is 1. The van der Waals surface area contributed by atoms with Crippen molar-refractivity contribution in [2.75, 3.05) is 18.4 Å². The topological polar surface area (TPSA) is 92.5 Å². The Bertz CT molecular complexity index is 1170. The summed E-state index contributed by atoms with van der Waals surface area (Å²) in [6.45, 7) is 1.11. The highest BCUT2D eigenvalue weighted by Gasteiger charge is 2.25. The van der Waals surface area contributed by atoms with E-state index in [0.29, 0.717) is 41.9 Å². The van der Waals surface area contributed by atoms with E-state index in [1.165, 1.54) is 16.4 Å². The molecule has 1 saturated heterocycles. The van der Waals surface area contributed by atoms with E-state index < -0.39 is 10.0 Å². The minimum atomic E-state index is -3.48. The monoisotopic (exact) mass is 473 g/mol. The smallest absolute Gasteiger partial charge is 0.243 e. The maximum absolute atomic E-state index is 12.7. The van der Waals surface area contributed by atoms with E-state index in [1.807, 2.05) is 12.1 Å².